The molecule has 3 aromatic rings. The van der Waals surface area contributed by atoms with Gasteiger partial charge < -0.3 is 4.74 Å². The molecule has 0 heterocycles. The number of sulfonamides is 2. The van der Waals surface area contributed by atoms with Crippen LogP contribution in [-0.4, -0.2) is 23.9 Å². The minimum Gasteiger partial charge on any atom is -0.495 e. The molecule has 0 spiro atoms. The highest BCUT2D eigenvalue weighted by Crippen LogP contribution is 2.30. The van der Waals surface area contributed by atoms with Gasteiger partial charge in [-0.2, -0.15) is 0 Å². The standard InChI is InChI=1S/C21H21ClN2O5S2/c1-14-8-11-20(17(22)12-14)30(25,26)23-16-10-9-15(2)21(13-16)31(27,28)24-18-6-4-5-7-19(18)29-3/h4-13,23-24H,1-3H3. The maximum Gasteiger partial charge on any atom is 0.263 e. The van der Waals surface area contributed by atoms with E-state index in [0.29, 0.717) is 11.3 Å². The van der Waals surface area contributed by atoms with Gasteiger partial charge in [0.1, 0.15) is 10.6 Å². The fourth-order valence-electron chi connectivity index (χ4n) is 2.92. The van der Waals surface area contributed by atoms with E-state index >= 15 is 0 Å². The third-order valence-corrected chi connectivity index (χ3v) is 7.83. The van der Waals surface area contributed by atoms with Crippen LogP contribution in [0, 0.1) is 13.8 Å². The smallest absolute Gasteiger partial charge is 0.263 e. The molecule has 0 unspecified atom stereocenters. The predicted octanol–water partition coefficient (Wildman–Crippen LogP) is 4.57. The maximum atomic E-state index is 13.0. The number of anilines is 2. The van der Waals surface area contributed by atoms with Gasteiger partial charge in [0.25, 0.3) is 20.0 Å². The lowest BCUT2D eigenvalue weighted by Crippen LogP contribution is -2.17. The van der Waals surface area contributed by atoms with Crippen molar-refractivity contribution in [2.24, 2.45) is 0 Å². The Kier molecular flexibility index (Phi) is 6.49. The average molecular weight is 481 g/mol. The van der Waals surface area contributed by atoms with Gasteiger partial charge in [-0.05, 0) is 61.4 Å². The summed E-state index contributed by atoms with van der Waals surface area (Å²) in [6, 6.07) is 15.4. The zero-order valence-corrected chi connectivity index (χ0v) is 19.4. The molecule has 3 rings (SSSR count). The summed E-state index contributed by atoms with van der Waals surface area (Å²) in [5.74, 6) is 0.356. The molecule has 0 radical (unpaired) electrons. The number of ether oxygens (including phenoxy) is 1. The molecular formula is C21H21ClN2O5S2. The van der Waals surface area contributed by atoms with Gasteiger partial charge >= 0.3 is 0 Å². The van der Waals surface area contributed by atoms with Crippen molar-refractivity contribution in [2.75, 3.05) is 16.6 Å². The minimum atomic E-state index is -4.02. The van der Waals surface area contributed by atoms with Crippen molar-refractivity contribution in [3.8, 4) is 5.75 Å². The van der Waals surface area contributed by atoms with E-state index in [9.17, 15) is 16.8 Å². The maximum absolute atomic E-state index is 13.0. The zero-order chi connectivity index (χ0) is 22.8. The van der Waals surface area contributed by atoms with E-state index in [1.165, 1.54) is 37.4 Å². The summed E-state index contributed by atoms with van der Waals surface area (Å²) < 4.78 is 61.6. The molecule has 0 saturated carbocycles. The van der Waals surface area contributed by atoms with Crippen LogP contribution in [0.15, 0.2) is 70.5 Å². The van der Waals surface area contributed by atoms with Crippen LogP contribution >= 0.6 is 11.6 Å². The second-order valence-corrected chi connectivity index (χ2v) is 10.5. The second kappa shape index (κ2) is 8.78. The fourth-order valence-corrected chi connectivity index (χ4v) is 5.91. The van der Waals surface area contributed by atoms with Crippen LogP contribution in [-0.2, 0) is 20.0 Å². The van der Waals surface area contributed by atoms with Crippen LogP contribution in [0.1, 0.15) is 11.1 Å². The Morgan fingerprint density at radius 3 is 2.16 bits per heavy atom. The van der Waals surface area contributed by atoms with Crippen molar-refractivity contribution in [3.63, 3.8) is 0 Å². The Morgan fingerprint density at radius 1 is 0.806 bits per heavy atom. The highest BCUT2D eigenvalue weighted by molar-refractivity contribution is 7.93. The van der Waals surface area contributed by atoms with Crippen molar-refractivity contribution in [2.45, 2.75) is 23.6 Å². The number of hydrogen-bond acceptors (Lipinski definition) is 5. The fraction of sp³-hybridized carbons (Fsp3) is 0.143. The molecule has 0 fully saturated rings. The van der Waals surface area contributed by atoms with Crippen LogP contribution in [0.5, 0.6) is 5.75 Å². The second-order valence-electron chi connectivity index (χ2n) is 6.83. The number of hydrogen-bond donors (Lipinski definition) is 2. The summed E-state index contributed by atoms with van der Waals surface area (Å²) in [7, 11) is -6.61. The van der Waals surface area contributed by atoms with E-state index in [-0.39, 0.29) is 26.2 Å². The normalized spacial score (nSPS) is 11.7. The quantitative estimate of drug-likeness (QED) is 0.516. The Bertz CT molecular complexity index is 1340. The van der Waals surface area contributed by atoms with Crippen molar-refractivity contribution >= 4 is 43.0 Å². The molecular weight excluding hydrogens is 460 g/mol. The SMILES string of the molecule is COc1ccccc1NS(=O)(=O)c1cc(NS(=O)(=O)c2ccc(C)cc2Cl)ccc1C. The molecule has 0 amide bonds. The monoisotopic (exact) mass is 480 g/mol. The molecule has 0 atom stereocenters. The Hall–Kier alpha value is -2.75. The van der Waals surface area contributed by atoms with Gasteiger partial charge in [0.2, 0.25) is 0 Å². The molecule has 31 heavy (non-hydrogen) atoms. The summed E-state index contributed by atoms with van der Waals surface area (Å²) in [5.41, 5.74) is 1.61. The predicted molar refractivity (Wildman–Crippen MR) is 122 cm³/mol. The van der Waals surface area contributed by atoms with Crippen molar-refractivity contribution in [3.05, 3.63) is 76.8 Å². The molecule has 7 nitrogen and oxygen atoms in total. The minimum absolute atomic E-state index is 0.0743. The lowest BCUT2D eigenvalue weighted by atomic mass is 10.2. The first-order chi connectivity index (χ1) is 14.5. The van der Waals surface area contributed by atoms with E-state index in [0.717, 1.165) is 5.56 Å². The topological polar surface area (TPSA) is 102 Å². The molecule has 0 aliphatic heterocycles. The Balaban J connectivity index is 1.96. The van der Waals surface area contributed by atoms with E-state index in [4.69, 9.17) is 16.3 Å². The van der Waals surface area contributed by atoms with E-state index < -0.39 is 20.0 Å². The van der Waals surface area contributed by atoms with Gasteiger partial charge in [-0.15, -0.1) is 0 Å². The van der Waals surface area contributed by atoms with Gasteiger partial charge in [0.05, 0.1) is 28.4 Å². The van der Waals surface area contributed by atoms with Crippen molar-refractivity contribution in [1.82, 2.24) is 0 Å². The molecule has 0 bridgehead atoms. The molecule has 0 aromatic heterocycles. The molecule has 0 aliphatic rings. The van der Waals surface area contributed by atoms with Crippen LogP contribution in [0.2, 0.25) is 5.02 Å². The number of methoxy groups -OCH3 is 1. The largest absolute Gasteiger partial charge is 0.495 e. The van der Waals surface area contributed by atoms with Crippen LogP contribution in [0.25, 0.3) is 0 Å². The molecule has 0 saturated heterocycles. The molecule has 10 heteroatoms. The number of halogens is 1. The number of para-hydroxylation sites is 2. The molecule has 2 N–H and O–H groups in total. The third kappa shape index (κ3) is 5.12. The Morgan fingerprint density at radius 2 is 1.48 bits per heavy atom. The lowest BCUT2D eigenvalue weighted by Gasteiger charge is -2.15. The van der Waals surface area contributed by atoms with Gasteiger partial charge in [-0.25, -0.2) is 16.8 Å². The van der Waals surface area contributed by atoms with Crippen LogP contribution < -0.4 is 14.2 Å². The summed E-state index contributed by atoms with van der Waals surface area (Å²) in [6.07, 6.45) is 0. The Labute approximate surface area is 187 Å². The lowest BCUT2D eigenvalue weighted by molar-refractivity contribution is 0.417. The van der Waals surface area contributed by atoms with Crippen molar-refractivity contribution < 1.29 is 21.6 Å². The molecule has 164 valence electrons. The number of benzene rings is 3. The number of nitrogens with one attached hydrogen (secondary N) is 2. The first-order valence-corrected chi connectivity index (χ1v) is 12.4. The first-order valence-electron chi connectivity index (χ1n) is 9.09. The highest BCUT2D eigenvalue weighted by atomic mass is 35.5. The summed E-state index contributed by atoms with van der Waals surface area (Å²) in [6.45, 7) is 3.41. The number of rotatable bonds is 7. The molecule has 3 aromatic carbocycles. The van der Waals surface area contributed by atoms with E-state index in [2.05, 4.69) is 9.44 Å². The van der Waals surface area contributed by atoms with Gasteiger partial charge in [-0.1, -0.05) is 35.9 Å². The average Bonchev–Trinajstić information content (AvgIpc) is 2.69. The zero-order valence-electron chi connectivity index (χ0n) is 17.0. The summed E-state index contributed by atoms with van der Waals surface area (Å²) >= 11 is 6.09. The van der Waals surface area contributed by atoms with Gasteiger partial charge in [-0.3, -0.25) is 9.44 Å². The third-order valence-electron chi connectivity index (χ3n) is 4.46. The van der Waals surface area contributed by atoms with Crippen LogP contribution in [0.4, 0.5) is 11.4 Å². The summed E-state index contributed by atoms with van der Waals surface area (Å²) in [4.78, 5) is -0.175. The van der Waals surface area contributed by atoms with Gasteiger partial charge in [0, 0.05) is 0 Å². The highest BCUT2D eigenvalue weighted by Gasteiger charge is 2.22. The summed E-state index contributed by atoms with van der Waals surface area (Å²) in [5, 5.41) is 0.0743. The van der Waals surface area contributed by atoms with Crippen LogP contribution in [0.3, 0.4) is 0 Å². The first kappa shape index (κ1) is 22.9. The van der Waals surface area contributed by atoms with E-state index in [1.54, 1.807) is 44.2 Å². The number of aryl methyl sites for hydroxylation is 2. The van der Waals surface area contributed by atoms with Crippen molar-refractivity contribution in [1.29, 1.82) is 0 Å². The van der Waals surface area contributed by atoms with E-state index in [1.807, 2.05) is 0 Å². The molecule has 0 aliphatic carbocycles. The van der Waals surface area contributed by atoms with Gasteiger partial charge in [0.15, 0.2) is 0 Å².